The molecule has 110 valence electrons. The first kappa shape index (κ1) is 14.5. The molecular formula is C17H15BrN4. The van der Waals surface area contributed by atoms with Gasteiger partial charge in [-0.25, -0.2) is 4.98 Å². The minimum absolute atomic E-state index is 0.555. The van der Waals surface area contributed by atoms with Crippen LogP contribution in [-0.2, 0) is 0 Å². The van der Waals surface area contributed by atoms with Crippen LogP contribution in [0.3, 0.4) is 0 Å². The molecule has 0 saturated carbocycles. The van der Waals surface area contributed by atoms with Gasteiger partial charge in [-0.15, -0.1) is 0 Å². The third-order valence-corrected chi connectivity index (χ3v) is 3.61. The maximum absolute atomic E-state index is 4.46. The number of benzene rings is 2. The summed E-state index contributed by atoms with van der Waals surface area (Å²) in [4.78, 5) is 8.70. The van der Waals surface area contributed by atoms with Crippen LogP contribution in [0.2, 0.25) is 0 Å². The van der Waals surface area contributed by atoms with Gasteiger partial charge < -0.3 is 10.6 Å². The van der Waals surface area contributed by atoms with E-state index in [1.165, 1.54) is 5.56 Å². The highest BCUT2D eigenvalue weighted by Crippen LogP contribution is 2.19. The van der Waals surface area contributed by atoms with Crippen LogP contribution in [0, 0.1) is 6.92 Å². The number of hydrogen-bond donors (Lipinski definition) is 2. The maximum Gasteiger partial charge on any atom is 0.229 e. The maximum atomic E-state index is 4.46. The largest absolute Gasteiger partial charge is 0.340 e. The normalized spacial score (nSPS) is 10.3. The van der Waals surface area contributed by atoms with Gasteiger partial charge in [-0.05, 0) is 49.4 Å². The summed E-state index contributed by atoms with van der Waals surface area (Å²) in [6.07, 6.45) is 1.73. The summed E-state index contributed by atoms with van der Waals surface area (Å²) in [6.45, 7) is 2.06. The Labute approximate surface area is 137 Å². The predicted octanol–water partition coefficient (Wildman–Crippen LogP) is 5.03. The lowest BCUT2D eigenvalue weighted by Gasteiger charge is -2.08. The van der Waals surface area contributed by atoms with Crippen molar-refractivity contribution in [2.75, 3.05) is 10.6 Å². The standard InChI is InChI=1S/C17H15BrN4/c1-12-2-6-14(7-3-12)20-16-10-11-19-17(22-16)21-15-8-4-13(18)5-9-15/h2-11H,1H3,(H2,19,20,21,22). The first-order valence-electron chi connectivity index (χ1n) is 6.88. The molecule has 0 bridgehead atoms. The molecule has 0 amide bonds. The average Bonchev–Trinajstić information content (AvgIpc) is 2.52. The first-order valence-corrected chi connectivity index (χ1v) is 7.68. The Hall–Kier alpha value is -2.40. The molecule has 3 aromatic rings. The van der Waals surface area contributed by atoms with Crippen LogP contribution in [0.25, 0.3) is 0 Å². The summed E-state index contributed by atoms with van der Waals surface area (Å²) < 4.78 is 1.04. The van der Waals surface area contributed by atoms with E-state index >= 15 is 0 Å². The van der Waals surface area contributed by atoms with Crippen LogP contribution in [-0.4, -0.2) is 9.97 Å². The summed E-state index contributed by atoms with van der Waals surface area (Å²) >= 11 is 3.42. The molecule has 2 N–H and O–H groups in total. The van der Waals surface area contributed by atoms with Crippen molar-refractivity contribution in [1.29, 1.82) is 0 Å². The Morgan fingerprint density at radius 1 is 0.818 bits per heavy atom. The molecule has 4 nitrogen and oxygen atoms in total. The highest BCUT2D eigenvalue weighted by molar-refractivity contribution is 9.10. The number of aryl methyl sites for hydroxylation is 1. The molecule has 0 unspecified atom stereocenters. The molecule has 5 heteroatoms. The third kappa shape index (κ3) is 3.83. The van der Waals surface area contributed by atoms with E-state index in [0.717, 1.165) is 21.7 Å². The lowest BCUT2D eigenvalue weighted by atomic mass is 10.2. The summed E-state index contributed by atoms with van der Waals surface area (Å²) in [7, 11) is 0. The molecule has 0 radical (unpaired) electrons. The molecule has 1 heterocycles. The summed E-state index contributed by atoms with van der Waals surface area (Å²) in [5.74, 6) is 1.30. The quantitative estimate of drug-likeness (QED) is 0.689. The minimum atomic E-state index is 0.555. The van der Waals surface area contributed by atoms with Gasteiger partial charge in [0.05, 0.1) is 0 Å². The molecule has 0 aliphatic heterocycles. The second kappa shape index (κ2) is 6.58. The average molecular weight is 355 g/mol. The Morgan fingerprint density at radius 2 is 1.45 bits per heavy atom. The van der Waals surface area contributed by atoms with Crippen molar-refractivity contribution in [3.8, 4) is 0 Å². The third-order valence-electron chi connectivity index (χ3n) is 3.08. The predicted molar refractivity (Wildman–Crippen MR) is 93.9 cm³/mol. The minimum Gasteiger partial charge on any atom is -0.340 e. The molecule has 0 fully saturated rings. The fourth-order valence-electron chi connectivity index (χ4n) is 1.94. The molecule has 2 aromatic carbocycles. The van der Waals surface area contributed by atoms with E-state index in [9.17, 15) is 0 Å². The van der Waals surface area contributed by atoms with E-state index in [0.29, 0.717) is 5.95 Å². The van der Waals surface area contributed by atoms with Gasteiger partial charge in [0, 0.05) is 22.0 Å². The van der Waals surface area contributed by atoms with Gasteiger partial charge in [0.25, 0.3) is 0 Å². The van der Waals surface area contributed by atoms with Crippen LogP contribution >= 0.6 is 15.9 Å². The Balaban J connectivity index is 1.74. The zero-order valence-corrected chi connectivity index (χ0v) is 13.6. The Kier molecular flexibility index (Phi) is 4.34. The van der Waals surface area contributed by atoms with E-state index in [-0.39, 0.29) is 0 Å². The van der Waals surface area contributed by atoms with Crippen molar-refractivity contribution in [2.45, 2.75) is 6.92 Å². The second-order valence-electron chi connectivity index (χ2n) is 4.89. The van der Waals surface area contributed by atoms with Crippen molar-refractivity contribution >= 4 is 39.1 Å². The molecule has 0 aliphatic carbocycles. The van der Waals surface area contributed by atoms with Crippen molar-refractivity contribution < 1.29 is 0 Å². The highest BCUT2D eigenvalue weighted by atomic mass is 79.9. The Bertz CT molecular complexity index is 692. The topological polar surface area (TPSA) is 49.8 Å². The van der Waals surface area contributed by atoms with Crippen LogP contribution in [0.4, 0.5) is 23.1 Å². The van der Waals surface area contributed by atoms with Gasteiger partial charge in [0.15, 0.2) is 0 Å². The summed E-state index contributed by atoms with van der Waals surface area (Å²) in [6, 6.07) is 17.9. The van der Waals surface area contributed by atoms with Gasteiger partial charge in [0.2, 0.25) is 5.95 Å². The number of anilines is 4. The number of nitrogens with zero attached hydrogens (tertiary/aromatic N) is 2. The van der Waals surface area contributed by atoms with E-state index in [1.54, 1.807) is 6.20 Å². The van der Waals surface area contributed by atoms with Crippen molar-refractivity contribution in [2.24, 2.45) is 0 Å². The molecule has 22 heavy (non-hydrogen) atoms. The summed E-state index contributed by atoms with van der Waals surface area (Å²) in [5, 5.41) is 6.45. The van der Waals surface area contributed by atoms with Crippen molar-refractivity contribution in [3.05, 3.63) is 70.8 Å². The number of rotatable bonds is 4. The molecule has 0 atom stereocenters. The molecule has 0 aliphatic rings. The molecular weight excluding hydrogens is 340 g/mol. The van der Waals surface area contributed by atoms with Crippen LogP contribution in [0.15, 0.2) is 65.3 Å². The van der Waals surface area contributed by atoms with Gasteiger partial charge in [-0.1, -0.05) is 33.6 Å². The number of nitrogens with one attached hydrogen (secondary N) is 2. The first-order chi connectivity index (χ1) is 10.7. The van der Waals surface area contributed by atoms with Crippen molar-refractivity contribution in [1.82, 2.24) is 9.97 Å². The second-order valence-corrected chi connectivity index (χ2v) is 5.80. The van der Waals surface area contributed by atoms with Crippen LogP contribution < -0.4 is 10.6 Å². The Morgan fingerprint density at radius 3 is 2.18 bits per heavy atom. The number of aromatic nitrogens is 2. The van der Waals surface area contributed by atoms with Crippen LogP contribution in [0.5, 0.6) is 0 Å². The lowest BCUT2D eigenvalue weighted by molar-refractivity contribution is 1.16. The molecule has 0 saturated heterocycles. The van der Waals surface area contributed by atoms with Crippen LogP contribution in [0.1, 0.15) is 5.56 Å². The van der Waals surface area contributed by atoms with E-state index in [4.69, 9.17) is 0 Å². The fraction of sp³-hybridized carbons (Fsp3) is 0.0588. The van der Waals surface area contributed by atoms with Crippen molar-refractivity contribution in [3.63, 3.8) is 0 Å². The zero-order chi connectivity index (χ0) is 15.4. The van der Waals surface area contributed by atoms with Gasteiger partial charge in [-0.2, -0.15) is 4.98 Å². The smallest absolute Gasteiger partial charge is 0.229 e. The molecule has 1 aromatic heterocycles. The SMILES string of the molecule is Cc1ccc(Nc2ccnc(Nc3ccc(Br)cc3)n2)cc1. The lowest BCUT2D eigenvalue weighted by Crippen LogP contribution is -2.00. The van der Waals surface area contributed by atoms with Gasteiger partial charge >= 0.3 is 0 Å². The fourth-order valence-corrected chi connectivity index (χ4v) is 2.20. The summed E-state index contributed by atoms with van der Waals surface area (Å²) in [5.41, 5.74) is 3.17. The molecule has 0 spiro atoms. The van der Waals surface area contributed by atoms with E-state index in [1.807, 2.05) is 42.5 Å². The van der Waals surface area contributed by atoms with E-state index < -0.39 is 0 Å². The number of halogens is 1. The van der Waals surface area contributed by atoms with Gasteiger partial charge in [0.1, 0.15) is 5.82 Å². The van der Waals surface area contributed by atoms with E-state index in [2.05, 4.69) is 55.6 Å². The number of hydrogen-bond acceptors (Lipinski definition) is 4. The zero-order valence-electron chi connectivity index (χ0n) is 12.0. The highest BCUT2D eigenvalue weighted by Gasteiger charge is 2.01. The monoisotopic (exact) mass is 354 g/mol. The molecule has 3 rings (SSSR count). The van der Waals surface area contributed by atoms with Gasteiger partial charge in [-0.3, -0.25) is 0 Å².